The van der Waals surface area contributed by atoms with E-state index < -0.39 is 0 Å². The zero-order valence-electron chi connectivity index (χ0n) is 18.4. The summed E-state index contributed by atoms with van der Waals surface area (Å²) in [6, 6.07) is 0. The van der Waals surface area contributed by atoms with Crippen molar-refractivity contribution in [2.75, 3.05) is 5.33 Å². The number of hydrogen-bond acceptors (Lipinski definition) is 2. The number of unbranched alkanes of at least 4 members (excludes halogenated alkanes) is 13. The molecule has 0 rings (SSSR count). The lowest BCUT2D eigenvalue weighted by atomic mass is 10.0. The Morgan fingerprint density at radius 1 is 0.667 bits per heavy atom. The standard InChI is InChI=1S/C24H47BrO2/c1-3-5-7-9-11-15-19-23(20-16-12-10-8-6-4-2)27-24(26)21-17-13-14-18-22-25/h23H,3-22H2,1-2H3. The zero-order chi connectivity index (χ0) is 20.0. The van der Waals surface area contributed by atoms with Gasteiger partial charge in [-0.05, 0) is 38.5 Å². The van der Waals surface area contributed by atoms with Crippen LogP contribution in [0.15, 0.2) is 0 Å². The summed E-state index contributed by atoms with van der Waals surface area (Å²) in [5, 5.41) is 1.07. The van der Waals surface area contributed by atoms with E-state index in [4.69, 9.17) is 4.74 Å². The van der Waals surface area contributed by atoms with E-state index in [1.165, 1.54) is 89.9 Å². The monoisotopic (exact) mass is 446 g/mol. The summed E-state index contributed by atoms with van der Waals surface area (Å²) in [4.78, 5) is 12.2. The molecule has 162 valence electrons. The molecule has 0 aromatic carbocycles. The van der Waals surface area contributed by atoms with Crippen molar-refractivity contribution in [3.63, 3.8) is 0 Å². The van der Waals surface area contributed by atoms with E-state index in [0.717, 1.165) is 31.0 Å². The lowest BCUT2D eigenvalue weighted by Gasteiger charge is -2.18. The second-order valence-corrected chi connectivity index (χ2v) is 8.87. The summed E-state index contributed by atoms with van der Waals surface area (Å²) >= 11 is 3.46. The van der Waals surface area contributed by atoms with Gasteiger partial charge in [0, 0.05) is 11.8 Å². The lowest BCUT2D eigenvalue weighted by molar-refractivity contribution is -0.150. The summed E-state index contributed by atoms with van der Waals surface area (Å²) in [7, 11) is 0. The van der Waals surface area contributed by atoms with Gasteiger partial charge in [0.25, 0.3) is 0 Å². The fourth-order valence-electron chi connectivity index (χ4n) is 3.53. The Hall–Kier alpha value is -0.0500. The van der Waals surface area contributed by atoms with Gasteiger partial charge in [0.1, 0.15) is 6.10 Å². The highest BCUT2D eigenvalue weighted by Crippen LogP contribution is 2.18. The van der Waals surface area contributed by atoms with Gasteiger partial charge < -0.3 is 4.74 Å². The molecule has 0 aliphatic heterocycles. The van der Waals surface area contributed by atoms with Gasteiger partial charge in [0.05, 0.1) is 0 Å². The molecule has 0 N–H and O–H groups in total. The molecule has 27 heavy (non-hydrogen) atoms. The molecule has 0 saturated carbocycles. The quantitative estimate of drug-likeness (QED) is 0.0999. The number of hydrogen-bond donors (Lipinski definition) is 0. The average Bonchev–Trinajstić information content (AvgIpc) is 2.66. The topological polar surface area (TPSA) is 26.3 Å². The van der Waals surface area contributed by atoms with Crippen molar-refractivity contribution in [1.82, 2.24) is 0 Å². The van der Waals surface area contributed by atoms with Gasteiger partial charge in [-0.15, -0.1) is 0 Å². The minimum Gasteiger partial charge on any atom is -0.462 e. The van der Waals surface area contributed by atoms with E-state index >= 15 is 0 Å². The van der Waals surface area contributed by atoms with E-state index in [1.54, 1.807) is 0 Å². The maximum Gasteiger partial charge on any atom is 0.306 e. The Labute approximate surface area is 178 Å². The van der Waals surface area contributed by atoms with E-state index in [1.807, 2.05) is 0 Å². The summed E-state index contributed by atoms with van der Waals surface area (Å²) < 4.78 is 5.86. The molecule has 0 radical (unpaired) electrons. The Kier molecular flexibility index (Phi) is 22.2. The molecule has 0 bridgehead atoms. The van der Waals surface area contributed by atoms with Gasteiger partial charge >= 0.3 is 5.97 Å². The third kappa shape index (κ3) is 20.5. The smallest absolute Gasteiger partial charge is 0.306 e. The fraction of sp³-hybridized carbons (Fsp3) is 0.958. The van der Waals surface area contributed by atoms with Gasteiger partial charge in [-0.25, -0.2) is 0 Å². The van der Waals surface area contributed by atoms with Crippen LogP contribution in [0.4, 0.5) is 0 Å². The Bertz CT molecular complexity index is 291. The first-order valence-electron chi connectivity index (χ1n) is 12.0. The minimum absolute atomic E-state index is 0.0378. The van der Waals surface area contributed by atoms with E-state index in [9.17, 15) is 4.79 Å². The third-order valence-corrected chi connectivity index (χ3v) is 5.88. The Morgan fingerprint density at radius 2 is 1.11 bits per heavy atom. The Morgan fingerprint density at radius 3 is 1.63 bits per heavy atom. The molecule has 0 amide bonds. The number of rotatable bonds is 21. The number of carbonyl (C=O) groups is 1. The minimum atomic E-state index is 0.0378. The SMILES string of the molecule is CCCCCCCCC(CCCCCCCC)OC(=O)CCCCCCBr. The van der Waals surface area contributed by atoms with Crippen molar-refractivity contribution in [3.05, 3.63) is 0 Å². The van der Waals surface area contributed by atoms with Crippen LogP contribution >= 0.6 is 15.9 Å². The number of ether oxygens (including phenoxy) is 1. The first-order chi connectivity index (χ1) is 13.2. The predicted molar refractivity (Wildman–Crippen MR) is 123 cm³/mol. The number of halogens is 1. The van der Waals surface area contributed by atoms with E-state index in [-0.39, 0.29) is 12.1 Å². The highest BCUT2D eigenvalue weighted by molar-refractivity contribution is 9.09. The highest BCUT2D eigenvalue weighted by Gasteiger charge is 2.14. The van der Waals surface area contributed by atoms with Gasteiger partial charge in [-0.2, -0.15) is 0 Å². The molecule has 0 aliphatic rings. The van der Waals surface area contributed by atoms with Crippen LogP contribution in [-0.4, -0.2) is 17.4 Å². The number of carbonyl (C=O) groups excluding carboxylic acids is 1. The van der Waals surface area contributed by atoms with Crippen LogP contribution in [0.5, 0.6) is 0 Å². The van der Waals surface area contributed by atoms with Crippen LogP contribution in [0.2, 0.25) is 0 Å². The van der Waals surface area contributed by atoms with Crippen LogP contribution in [0.3, 0.4) is 0 Å². The molecule has 0 saturated heterocycles. The van der Waals surface area contributed by atoms with Gasteiger partial charge in [0.2, 0.25) is 0 Å². The first kappa shape index (κ1) is 27.0. The van der Waals surface area contributed by atoms with Crippen molar-refractivity contribution in [2.45, 2.75) is 142 Å². The highest BCUT2D eigenvalue weighted by atomic mass is 79.9. The van der Waals surface area contributed by atoms with Crippen LogP contribution in [0, 0.1) is 0 Å². The van der Waals surface area contributed by atoms with Crippen LogP contribution in [-0.2, 0) is 9.53 Å². The predicted octanol–water partition coefficient (Wildman–Crippen LogP) is 8.74. The van der Waals surface area contributed by atoms with Crippen LogP contribution in [0.1, 0.15) is 136 Å². The van der Waals surface area contributed by atoms with Gasteiger partial charge in [-0.3, -0.25) is 4.79 Å². The maximum absolute atomic E-state index is 12.2. The average molecular weight is 448 g/mol. The van der Waals surface area contributed by atoms with E-state index in [2.05, 4.69) is 29.8 Å². The van der Waals surface area contributed by atoms with Crippen LogP contribution < -0.4 is 0 Å². The zero-order valence-corrected chi connectivity index (χ0v) is 20.0. The summed E-state index contributed by atoms with van der Waals surface area (Å²) in [6.45, 7) is 4.52. The number of esters is 1. The molecule has 0 heterocycles. The molecule has 0 fully saturated rings. The molecule has 0 spiro atoms. The number of alkyl halides is 1. The molecule has 2 nitrogen and oxygen atoms in total. The fourth-order valence-corrected chi connectivity index (χ4v) is 3.93. The molecule has 3 heteroatoms. The van der Waals surface area contributed by atoms with Crippen molar-refractivity contribution in [1.29, 1.82) is 0 Å². The molecular weight excluding hydrogens is 400 g/mol. The molecule has 0 atom stereocenters. The normalized spacial score (nSPS) is 11.3. The summed E-state index contributed by atoms with van der Waals surface area (Å²) in [6.07, 6.45) is 23.1. The third-order valence-electron chi connectivity index (χ3n) is 5.32. The van der Waals surface area contributed by atoms with Gasteiger partial charge in [0.15, 0.2) is 0 Å². The summed E-state index contributed by atoms with van der Waals surface area (Å²) in [5.74, 6) is 0.0378. The van der Waals surface area contributed by atoms with Crippen molar-refractivity contribution in [2.24, 2.45) is 0 Å². The molecule has 0 aromatic heterocycles. The van der Waals surface area contributed by atoms with Crippen molar-refractivity contribution < 1.29 is 9.53 Å². The largest absolute Gasteiger partial charge is 0.462 e. The molecular formula is C24H47BrO2. The maximum atomic E-state index is 12.2. The van der Waals surface area contributed by atoms with Crippen molar-refractivity contribution >= 4 is 21.9 Å². The second-order valence-electron chi connectivity index (χ2n) is 8.08. The Balaban J connectivity index is 4.00. The van der Waals surface area contributed by atoms with Crippen LogP contribution in [0.25, 0.3) is 0 Å². The lowest BCUT2D eigenvalue weighted by Crippen LogP contribution is -2.18. The second kappa shape index (κ2) is 22.2. The van der Waals surface area contributed by atoms with Crippen molar-refractivity contribution in [3.8, 4) is 0 Å². The first-order valence-corrected chi connectivity index (χ1v) is 13.1. The molecule has 0 aromatic rings. The summed E-state index contributed by atoms with van der Waals surface area (Å²) in [5.41, 5.74) is 0. The van der Waals surface area contributed by atoms with Gasteiger partial charge in [-0.1, -0.05) is 107 Å². The van der Waals surface area contributed by atoms with E-state index in [0.29, 0.717) is 6.42 Å². The molecule has 0 aliphatic carbocycles. The molecule has 0 unspecified atom stereocenters.